The van der Waals surface area contributed by atoms with E-state index < -0.39 is 0 Å². The van der Waals surface area contributed by atoms with Gasteiger partial charge in [-0.3, -0.25) is 4.79 Å². The lowest BCUT2D eigenvalue weighted by Crippen LogP contribution is -2.02. The highest BCUT2D eigenvalue weighted by Gasteiger charge is 2.18. The van der Waals surface area contributed by atoms with Crippen molar-refractivity contribution in [1.82, 2.24) is 0 Å². The zero-order valence-corrected chi connectivity index (χ0v) is 11.8. The molecule has 0 bridgehead atoms. The van der Waals surface area contributed by atoms with Crippen molar-refractivity contribution in [1.29, 1.82) is 0 Å². The molecule has 0 saturated carbocycles. The summed E-state index contributed by atoms with van der Waals surface area (Å²) in [6.45, 7) is 6.11. The van der Waals surface area contributed by atoms with Crippen LogP contribution in [-0.2, 0) is 0 Å². The van der Waals surface area contributed by atoms with Crippen molar-refractivity contribution in [2.24, 2.45) is 0 Å². The van der Waals surface area contributed by atoms with Gasteiger partial charge in [-0.15, -0.1) is 0 Å². The van der Waals surface area contributed by atoms with Gasteiger partial charge in [0.05, 0.1) is 0 Å². The van der Waals surface area contributed by atoms with Gasteiger partial charge < -0.3 is 0 Å². The maximum absolute atomic E-state index is 12.0. The Hall–Kier alpha value is -1.34. The Bertz CT molecular complexity index is 564. The van der Waals surface area contributed by atoms with Gasteiger partial charge in [-0.05, 0) is 49.1 Å². The van der Waals surface area contributed by atoms with Crippen molar-refractivity contribution in [2.45, 2.75) is 33.6 Å². The Morgan fingerprint density at radius 3 is 2.61 bits per heavy atom. The zero-order valence-electron chi connectivity index (χ0n) is 11.0. The van der Waals surface area contributed by atoms with Crippen LogP contribution in [-0.4, -0.2) is 5.78 Å². The lowest BCUT2D eigenvalue weighted by atomic mass is 9.93. The van der Waals surface area contributed by atoms with E-state index in [-0.39, 0.29) is 5.78 Å². The molecule has 1 aliphatic carbocycles. The van der Waals surface area contributed by atoms with E-state index in [1.165, 1.54) is 16.7 Å². The number of allylic oxidation sites excluding steroid dienone is 4. The lowest BCUT2D eigenvalue weighted by Gasteiger charge is -2.11. The molecular weight excluding hydrogens is 244 g/mol. The minimum absolute atomic E-state index is 0.150. The number of halogens is 1. The topological polar surface area (TPSA) is 17.1 Å². The average Bonchev–Trinajstić information content (AvgIpc) is 2.69. The van der Waals surface area contributed by atoms with Crippen molar-refractivity contribution in [3.05, 3.63) is 51.6 Å². The van der Waals surface area contributed by atoms with Gasteiger partial charge >= 0.3 is 0 Å². The summed E-state index contributed by atoms with van der Waals surface area (Å²) >= 11 is 6.01. The molecule has 2 heteroatoms. The highest BCUT2D eigenvalue weighted by Crippen LogP contribution is 2.35. The van der Waals surface area contributed by atoms with Crippen LogP contribution in [0.15, 0.2) is 35.4 Å². The van der Waals surface area contributed by atoms with Gasteiger partial charge in [0.25, 0.3) is 0 Å². The second-order valence-electron chi connectivity index (χ2n) is 4.66. The molecule has 0 atom stereocenters. The van der Waals surface area contributed by atoms with Crippen LogP contribution in [0, 0.1) is 0 Å². The summed E-state index contributed by atoms with van der Waals surface area (Å²) in [5, 5.41) is 0.622. The average molecular weight is 261 g/mol. The van der Waals surface area contributed by atoms with Gasteiger partial charge in [-0.2, -0.15) is 0 Å². The highest BCUT2D eigenvalue weighted by molar-refractivity contribution is 6.31. The molecule has 1 aromatic rings. The van der Waals surface area contributed by atoms with Gasteiger partial charge in [0.2, 0.25) is 0 Å². The molecule has 0 aromatic heterocycles. The fraction of sp³-hybridized carbons (Fsp3) is 0.312. The molecule has 18 heavy (non-hydrogen) atoms. The fourth-order valence-corrected chi connectivity index (χ4v) is 2.48. The maximum Gasteiger partial charge on any atom is 0.163 e. The minimum Gasteiger partial charge on any atom is -0.294 e. The summed E-state index contributed by atoms with van der Waals surface area (Å²) in [6.07, 6.45) is 3.62. The Kier molecular flexibility index (Phi) is 3.72. The van der Waals surface area contributed by atoms with Crippen molar-refractivity contribution in [3.63, 3.8) is 0 Å². The second kappa shape index (κ2) is 5.11. The van der Waals surface area contributed by atoms with Crippen LogP contribution in [0.1, 0.15) is 49.5 Å². The summed E-state index contributed by atoms with van der Waals surface area (Å²) in [5.74, 6) is 0.150. The van der Waals surface area contributed by atoms with Gasteiger partial charge in [0.15, 0.2) is 5.78 Å². The molecule has 0 amide bonds. The first kappa shape index (κ1) is 13.1. The summed E-state index contributed by atoms with van der Waals surface area (Å²) in [7, 11) is 0. The van der Waals surface area contributed by atoms with Crippen LogP contribution >= 0.6 is 11.6 Å². The molecule has 0 radical (unpaired) electrons. The van der Waals surface area contributed by atoms with E-state index in [1.54, 1.807) is 6.07 Å². The third-order valence-electron chi connectivity index (χ3n) is 3.58. The molecule has 0 spiro atoms. The Morgan fingerprint density at radius 2 is 2.06 bits per heavy atom. The quantitative estimate of drug-likeness (QED) is 0.695. The molecule has 2 rings (SSSR count). The van der Waals surface area contributed by atoms with Crippen molar-refractivity contribution >= 4 is 23.0 Å². The molecule has 94 valence electrons. The SMILES string of the molecule is CCC(=O)c1cc(Cl)ccc1C1=C(C)C(C)=CC1. The standard InChI is InChI=1S/C16H17ClO/c1-4-16(18)15-9-12(17)6-8-14(15)13-7-5-10(2)11(13)3/h5-6,8-9H,4,7H2,1-3H3. The van der Waals surface area contributed by atoms with E-state index in [0.29, 0.717) is 11.4 Å². The highest BCUT2D eigenvalue weighted by atomic mass is 35.5. The van der Waals surface area contributed by atoms with Crippen LogP contribution in [0.4, 0.5) is 0 Å². The first-order valence-corrected chi connectivity index (χ1v) is 6.62. The lowest BCUT2D eigenvalue weighted by molar-refractivity contribution is 0.0988. The van der Waals surface area contributed by atoms with Crippen LogP contribution < -0.4 is 0 Å². The number of benzene rings is 1. The van der Waals surface area contributed by atoms with Crippen LogP contribution in [0.3, 0.4) is 0 Å². The van der Waals surface area contributed by atoms with Crippen molar-refractivity contribution < 1.29 is 4.79 Å². The first-order chi connectivity index (χ1) is 8.54. The Balaban J connectivity index is 2.56. The van der Waals surface area contributed by atoms with E-state index in [4.69, 9.17) is 11.6 Å². The minimum atomic E-state index is 0.150. The molecule has 1 nitrogen and oxygen atoms in total. The summed E-state index contributed by atoms with van der Waals surface area (Å²) < 4.78 is 0. The summed E-state index contributed by atoms with van der Waals surface area (Å²) in [6, 6.07) is 5.62. The van der Waals surface area contributed by atoms with Crippen LogP contribution in [0.2, 0.25) is 5.02 Å². The molecular formula is C16H17ClO. The van der Waals surface area contributed by atoms with E-state index in [9.17, 15) is 4.79 Å². The molecule has 0 aliphatic heterocycles. The van der Waals surface area contributed by atoms with Crippen LogP contribution in [0.25, 0.3) is 5.57 Å². The van der Waals surface area contributed by atoms with Crippen molar-refractivity contribution in [3.8, 4) is 0 Å². The predicted molar refractivity (Wildman–Crippen MR) is 77.0 cm³/mol. The first-order valence-electron chi connectivity index (χ1n) is 6.24. The number of carbonyl (C=O) groups is 1. The summed E-state index contributed by atoms with van der Waals surface area (Å²) in [5.41, 5.74) is 5.62. The molecule has 1 aromatic carbocycles. The summed E-state index contributed by atoms with van der Waals surface area (Å²) in [4.78, 5) is 12.0. The maximum atomic E-state index is 12.0. The molecule has 0 fully saturated rings. The van der Waals surface area contributed by atoms with Gasteiger partial charge in [-0.25, -0.2) is 0 Å². The molecule has 0 saturated heterocycles. The zero-order chi connectivity index (χ0) is 13.3. The smallest absolute Gasteiger partial charge is 0.163 e. The molecule has 0 unspecified atom stereocenters. The predicted octanol–water partition coefficient (Wildman–Crippen LogP) is 5.06. The largest absolute Gasteiger partial charge is 0.294 e. The number of hydrogen-bond acceptors (Lipinski definition) is 1. The van der Waals surface area contributed by atoms with Gasteiger partial charge in [-0.1, -0.05) is 36.2 Å². The molecule has 0 heterocycles. The van der Waals surface area contributed by atoms with Crippen molar-refractivity contribution in [2.75, 3.05) is 0 Å². The third-order valence-corrected chi connectivity index (χ3v) is 3.82. The number of Topliss-reactive ketones (excluding diaryl/α,β-unsaturated/α-hetero) is 1. The van der Waals surface area contributed by atoms with Gasteiger partial charge in [0.1, 0.15) is 0 Å². The Morgan fingerprint density at radius 1 is 1.33 bits per heavy atom. The van der Waals surface area contributed by atoms with Crippen LogP contribution in [0.5, 0.6) is 0 Å². The second-order valence-corrected chi connectivity index (χ2v) is 5.10. The van der Waals surface area contributed by atoms with E-state index in [2.05, 4.69) is 19.9 Å². The molecule has 0 N–H and O–H groups in total. The normalized spacial score (nSPS) is 15.0. The number of hydrogen-bond donors (Lipinski definition) is 0. The van der Waals surface area contributed by atoms with E-state index >= 15 is 0 Å². The number of rotatable bonds is 3. The Labute approximate surface area is 113 Å². The van der Waals surface area contributed by atoms with Gasteiger partial charge in [0, 0.05) is 17.0 Å². The monoisotopic (exact) mass is 260 g/mol. The number of carbonyl (C=O) groups excluding carboxylic acids is 1. The van der Waals surface area contributed by atoms with E-state index in [0.717, 1.165) is 17.5 Å². The third kappa shape index (κ3) is 2.28. The van der Waals surface area contributed by atoms with E-state index in [1.807, 2.05) is 19.1 Å². The fourth-order valence-electron chi connectivity index (χ4n) is 2.31. The molecule has 1 aliphatic rings. The number of ketones is 1.